The first-order chi connectivity index (χ1) is 16.3. The molecule has 4 aromatic carbocycles. The Bertz CT molecular complexity index is 1150. The summed E-state index contributed by atoms with van der Waals surface area (Å²) in [6, 6.07) is 35.1. The molecule has 0 N–H and O–H groups in total. The van der Waals surface area contributed by atoms with Crippen molar-refractivity contribution in [3.63, 3.8) is 0 Å². The number of hydrogen-bond acceptors (Lipinski definition) is 3. The number of para-hydroxylation sites is 1. The van der Waals surface area contributed by atoms with Gasteiger partial charge >= 0.3 is 0 Å². The molecule has 0 atom stereocenters. The van der Waals surface area contributed by atoms with Crippen LogP contribution in [0.5, 0.6) is 5.75 Å². The third-order valence-corrected chi connectivity index (χ3v) is 6.85. The van der Waals surface area contributed by atoms with Crippen molar-refractivity contribution in [3.05, 3.63) is 125 Å². The average molecular weight is 433 g/mol. The van der Waals surface area contributed by atoms with Crippen LogP contribution in [0.25, 0.3) is 0 Å². The van der Waals surface area contributed by atoms with Gasteiger partial charge in [-0.3, -0.25) is 0 Å². The molecule has 3 nitrogen and oxygen atoms in total. The summed E-state index contributed by atoms with van der Waals surface area (Å²) >= 11 is 0. The van der Waals surface area contributed by atoms with Crippen molar-refractivity contribution in [2.24, 2.45) is 0 Å². The normalized spacial score (nSPS) is 14.9. The maximum Gasteiger partial charge on any atom is 0.161 e. The zero-order valence-electron chi connectivity index (χ0n) is 18.8. The molecule has 3 heteroatoms. The monoisotopic (exact) mass is 432 g/mol. The van der Waals surface area contributed by atoms with Crippen LogP contribution >= 0.6 is 0 Å². The highest BCUT2D eigenvalue weighted by molar-refractivity contribution is 5.53. The van der Waals surface area contributed by atoms with Crippen molar-refractivity contribution in [1.29, 1.82) is 0 Å². The second kappa shape index (κ2) is 8.67. The van der Waals surface area contributed by atoms with Crippen LogP contribution < -0.4 is 14.5 Å². The molecule has 0 unspecified atom stereocenters. The van der Waals surface area contributed by atoms with Gasteiger partial charge < -0.3 is 14.5 Å². The number of hydrogen-bond donors (Lipinski definition) is 0. The predicted molar refractivity (Wildman–Crippen MR) is 135 cm³/mol. The third kappa shape index (κ3) is 4.19. The minimum Gasteiger partial charge on any atom is -0.473 e. The van der Waals surface area contributed by atoms with Gasteiger partial charge in [0.25, 0.3) is 0 Å². The fraction of sp³-hybridized carbons (Fsp3) is 0.200. The first-order valence-electron chi connectivity index (χ1n) is 11.8. The average Bonchev–Trinajstić information content (AvgIpc) is 2.89. The van der Waals surface area contributed by atoms with Crippen molar-refractivity contribution < 1.29 is 4.74 Å². The van der Waals surface area contributed by atoms with Crippen LogP contribution in [0.2, 0.25) is 0 Å². The van der Waals surface area contributed by atoms with Crippen molar-refractivity contribution in [1.82, 2.24) is 0 Å². The summed E-state index contributed by atoms with van der Waals surface area (Å²) in [6.07, 6.45) is 2.07. The molecule has 0 amide bonds. The van der Waals surface area contributed by atoms with Crippen molar-refractivity contribution in [2.45, 2.75) is 25.9 Å². The molecule has 33 heavy (non-hydrogen) atoms. The fourth-order valence-electron chi connectivity index (χ4n) is 4.94. The molecule has 2 aliphatic heterocycles. The Morgan fingerprint density at radius 2 is 1.15 bits per heavy atom. The Morgan fingerprint density at radius 3 is 1.88 bits per heavy atom. The molecule has 6 rings (SSSR count). The molecule has 0 saturated carbocycles. The second-order valence-corrected chi connectivity index (χ2v) is 9.03. The van der Waals surface area contributed by atoms with Gasteiger partial charge in [-0.2, -0.15) is 0 Å². The maximum absolute atomic E-state index is 5.92. The van der Waals surface area contributed by atoms with Gasteiger partial charge in [0.2, 0.25) is 0 Å². The molecule has 0 bridgehead atoms. The van der Waals surface area contributed by atoms with Gasteiger partial charge in [0.1, 0.15) is 5.75 Å². The highest BCUT2D eigenvalue weighted by atomic mass is 16.5. The Balaban J connectivity index is 1.10. The summed E-state index contributed by atoms with van der Waals surface area (Å²) in [6.45, 7) is 3.57. The van der Waals surface area contributed by atoms with Crippen LogP contribution in [-0.4, -0.2) is 13.3 Å². The van der Waals surface area contributed by atoms with E-state index in [-0.39, 0.29) is 0 Å². The van der Waals surface area contributed by atoms with E-state index in [0.29, 0.717) is 6.73 Å². The Hall–Kier alpha value is -3.72. The SMILES string of the molecule is c1ccc2c(c1)CCN(c1ccc(Cc3ccc(N4COc5ccccc5C4)cc3)cc1)C2. The van der Waals surface area contributed by atoms with E-state index in [1.165, 1.54) is 39.2 Å². The van der Waals surface area contributed by atoms with E-state index in [0.717, 1.165) is 38.2 Å². The van der Waals surface area contributed by atoms with Crippen molar-refractivity contribution in [2.75, 3.05) is 23.1 Å². The Labute approximate surface area is 195 Å². The maximum atomic E-state index is 5.92. The molecule has 0 aromatic heterocycles. The lowest BCUT2D eigenvalue weighted by Crippen LogP contribution is -2.31. The summed E-state index contributed by atoms with van der Waals surface area (Å²) in [7, 11) is 0. The quantitative estimate of drug-likeness (QED) is 0.382. The topological polar surface area (TPSA) is 15.7 Å². The Kier molecular flexibility index (Phi) is 5.23. The van der Waals surface area contributed by atoms with E-state index in [9.17, 15) is 0 Å². The number of nitrogens with zero attached hydrogens (tertiary/aromatic N) is 2. The lowest BCUT2D eigenvalue weighted by Gasteiger charge is -2.31. The van der Waals surface area contributed by atoms with Crippen LogP contribution in [0.15, 0.2) is 97.1 Å². The third-order valence-electron chi connectivity index (χ3n) is 6.85. The summed E-state index contributed by atoms with van der Waals surface area (Å²) in [5, 5.41) is 0. The smallest absolute Gasteiger partial charge is 0.161 e. The van der Waals surface area contributed by atoms with E-state index in [1.807, 2.05) is 12.1 Å². The van der Waals surface area contributed by atoms with Crippen LogP contribution in [0.1, 0.15) is 27.8 Å². The number of ether oxygens (including phenoxy) is 1. The summed E-state index contributed by atoms with van der Waals surface area (Å²) in [5.41, 5.74) is 9.38. The zero-order valence-corrected chi connectivity index (χ0v) is 18.8. The number of anilines is 2. The predicted octanol–water partition coefficient (Wildman–Crippen LogP) is 6.20. The first-order valence-corrected chi connectivity index (χ1v) is 11.8. The van der Waals surface area contributed by atoms with Crippen LogP contribution in [0.4, 0.5) is 11.4 Å². The minimum absolute atomic E-state index is 0.596. The molecule has 164 valence electrons. The largest absolute Gasteiger partial charge is 0.473 e. The van der Waals surface area contributed by atoms with E-state index >= 15 is 0 Å². The molecule has 0 fully saturated rings. The van der Waals surface area contributed by atoms with Gasteiger partial charge in [-0.15, -0.1) is 0 Å². The highest BCUT2D eigenvalue weighted by Gasteiger charge is 2.18. The summed E-state index contributed by atoms with van der Waals surface area (Å²) in [4.78, 5) is 4.76. The molecular weight excluding hydrogens is 404 g/mol. The number of fused-ring (bicyclic) bond motifs is 2. The van der Waals surface area contributed by atoms with Gasteiger partial charge in [-0.05, 0) is 65.4 Å². The molecule has 0 radical (unpaired) electrons. The molecule has 0 aliphatic carbocycles. The van der Waals surface area contributed by atoms with Gasteiger partial charge in [-0.1, -0.05) is 66.7 Å². The Morgan fingerprint density at radius 1 is 0.576 bits per heavy atom. The molecule has 2 heterocycles. The summed E-state index contributed by atoms with van der Waals surface area (Å²) < 4.78 is 5.92. The standard InChI is InChI=1S/C30H28N2O/c1-2-6-26-20-31(18-17-25(26)5-1)28-13-9-23(10-14-28)19-24-11-15-29(16-12-24)32-21-27-7-3-4-8-30(27)33-22-32/h1-16H,17-22H2. The lowest BCUT2D eigenvalue weighted by molar-refractivity contribution is 0.289. The number of rotatable bonds is 4. The van der Waals surface area contributed by atoms with Crippen molar-refractivity contribution in [3.8, 4) is 5.75 Å². The molecule has 0 saturated heterocycles. The van der Waals surface area contributed by atoms with E-state index < -0.39 is 0 Å². The van der Waals surface area contributed by atoms with E-state index in [2.05, 4.69) is 94.7 Å². The zero-order chi connectivity index (χ0) is 22.0. The van der Waals surface area contributed by atoms with E-state index in [1.54, 1.807) is 0 Å². The molecule has 2 aliphatic rings. The van der Waals surface area contributed by atoms with Gasteiger partial charge in [0, 0.05) is 36.6 Å². The van der Waals surface area contributed by atoms with Gasteiger partial charge in [0.05, 0.1) is 0 Å². The molecule has 0 spiro atoms. The van der Waals surface area contributed by atoms with Crippen LogP contribution in [-0.2, 0) is 25.9 Å². The highest BCUT2D eigenvalue weighted by Crippen LogP contribution is 2.29. The summed E-state index contributed by atoms with van der Waals surface area (Å²) in [5.74, 6) is 1.00. The molecular formula is C30H28N2O. The van der Waals surface area contributed by atoms with Gasteiger partial charge in [-0.25, -0.2) is 0 Å². The van der Waals surface area contributed by atoms with Crippen LogP contribution in [0, 0.1) is 0 Å². The molecule has 4 aromatic rings. The van der Waals surface area contributed by atoms with E-state index in [4.69, 9.17) is 4.74 Å². The van der Waals surface area contributed by atoms with Gasteiger partial charge in [0.15, 0.2) is 6.73 Å². The second-order valence-electron chi connectivity index (χ2n) is 9.03. The minimum atomic E-state index is 0.596. The fourth-order valence-corrected chi connectivity index (χ4v) is 4.94. The first kappa shape index (κ1) is 19.9. The van der Waals surface area contributed by atoms with Crippen LogP contribution in [0.3, 0.4) is 0 Å². The lowest BCUT2D eigenvalue weighted by atomic mass is 9.99. The number of benzene rings is 4. The van der Waals surface area contributed by atoms with Crippen molar-refractivity contribution >= 4 is 11.4 Å².